The summed E-state index contributed by atoms with van der Waals surface area (Å²) in [6.45, 7) is 4.50. The van der Waals surface area contributed by atoms with E-state index in [2.05, 4.69) is 24.3 Å². The van der Waals surface area contributed by atoms with Gasteiger partial charge in [0, 0.05) is 11.6 Å². The van der Waals surface area contributed by atoms with Gasteiger partial charge in [0.2, 0.25) is 0 Å². The Bertz CT molecular complexity index is 939. The standard InChI is InChI=1S/C25H26N2O3/c28-25(27-16-14-26(15-17-27)19-21-8-3-1-4-9-21)20-29-23-12-7-13-24(18-23)30-22-10-5-2-6-11-22/h1-13,18H,14-17,19-20H2/p+1. The van der Waals surface area contributed by atoms with Gasteiger partial charge in [-0.25, -0.2) is 0 Å². The van der Waals surface area contributed by atoms with Crippen molar-refractivity contribution < 1.29 is 19.2 Å². The summed E-state index contributed by atoms with van der Waals surface area (Å²) in [6, 6.07) is 27.5. The Hall–Kier alpha value is -3.31. The first kappa shape index (κ1) is 20.0. The van der Waals surface area contributed by atoms with Crippen LogP contribution < -0.4 is 14.4 Å². The van der Waals surface area contributed by atoms with Crippen LogP contribution in [0.1, 0.15) is 5.56 Å². The average Bonchev–Trinajstić information content (AvgIpc) is 2.80. The van der Waals surface area contributed by atoms with Crippen molar-refractivity contribution in [3.63, 3.8) is 0 Å². The summed E-state index contributed by atoms with van der Waals surface area (Å²) in [5.41, 5.74) is 1.34. The maximum absolute atomic E-state index is 12.6. The molecule has 1 aliphatic heterocycles. The molecule has 5 heteroatoms. The predicted molar refractivity (Wildman–Crippen MR) is 116 cm³/mol. The number of nitrogens with zero attached hydrogens (tertiary/aromatic N) is 1. The van der Waals surface area contributed by atoms with E-state index < -0.39 is 0 Å². The van der Waals surface area contributed by atoms with E-state index in [0.29, 0.717) is 11.5 Å². The van der Waals surface area contributed by atoms with Crippen molar-refractivity contribution in [2.75, 3.05) is 32.8 Å². The molecule has 1 N–H and O–H groups in total. The van der Waals surface area contributed by atoms with E-state index in [0.717, 1.165) is 38.5 Å². The van der Waals surface area contributed by atoms with Gasteiger partial charge in [0.15, 0.2) is 6.61 Å². The third-order valence-electron chi connectivity index (χ3n) is 5.27. The van der Waals surface area contributed by atoms with Gasteiger partial charge < -0.3 is 19.3 Å². The molecule has 1 fully saturated rings. The molecule has 0 atom stereocenters. The van der Waals surface area contributed by atoms with Crippen LogP contribution in [0, 0.1) is 0 Å². The molecule has 1 heterocycles. The number of rotatable bonds is 7. The number of carbonyl (C=O) groups excluding carboxylic acids is 1. The van der Waals surface area contributed by atoms with Gasteiger partial charge in [0.25, 0.3) is 5.91 Å². The maximum Gasteiger partial charge on any atom is 0.260 e. The molecule has 1 amide bonds. The van der Waals surface area contributed by atoms with Gasteiger partial charge in [0.05, 0.1) is 26.2 Å². The van der Waals surface area contributed by atoms with Crippen LogP contribution in [0.2, 0.25) is 0 Å². The lowest BCUT2D eigenvalue weighted by Gasteiger charge is -2.32. The number of hydrogen-bond acceptors (Lipinski definition) is 3. The first-order valence-electron chi connectivity index (χ1n) is 10.4. The molecule has 0 unspecified atom stereocenters. The van der Waals surface area contributed by atoms with E-state index in [9.17, 15) is 4.79 Å². The van der Waals surface area contributed by atoms with Gasteiger partial charge in [-0.3, -0.25) is 4.79 Å². The van der Waals surface area contributed by atoms with Crippen LogP contribution in [0.15, 0.2) is 84.9 Å². The minimum atomic E-state index is 0.0307. The van der Waals surface area contributed by atoms with Crippen molar-refractivity contribution in [1.82, 2.24) is 4.90 Å². The van der Waals surface area contributed by atoms with Gasteiger partial charge in [-0.05, 0) is 24.3 Å². The fourth-order valence-corrected chi connectivity index (χ4v) is 3.62. The molecule has 3 aromatic carbocycles. The van der Waals surface area contributed by atoms with E-state index in [-0.39, 0.29) is 12.5 Å². The van der Waals surface area contributed by atoms with Crippen LogP contribution in [-0.2, 0) is 11.3 Å². The maximum atomic E-state index is 12.6. The number of piperazine rings is 1. The number of quaternary nitrogens is 1. The smallest absolute Gasteiger partial charge is 0.260 e. The average molecular weight is 404 g/mol. The van der Waals surface area contributed by atoms with Gasteiger partial charge >= 0.3 is 0 Å². The second-order valence-electron chi connectivity index (χ2n) is 7.47. The zero-order valence-corrected chi connectivity index (χ0v) is 17.0. The second kappa shape index (κ2) is 9.94. The Labute approximate surface area is 177 Å². The minimum absolute atomic E-state index is 0.0307. The van der Waals surface area contributed by atoms with E-state index in [1.165, 1.54) is 10.5 Å². The lowest BCUT2D eigenvalue weighted by molar-refractivity contribution is -0.917. The van der Waals surface area contributed by atoms with Crippen LogP contribution >= 0.6 is 0 Å². The number of ether oxygens (including phenoxy) is 2. The van der Waals surface area contributed by atoms with Crippen LogP contribution in [0.25, 0.3) is 0 Å². The Morgan fingerprint density at radius 1 is 0.800 bits per heavy atom. The highest BCUT2D eigenvalue weighted by molar-refractivity contribution is 5.77. The first-order chi connectivity index (χ1) is 14.8. The number of para-hydroxylation sites is 1. The number of amides is 1. The molecule has 5 nitrogen and oxygen atoms in total. The summed E-state index contributed by atoms with van der Waals surface area (Å²) in [4.78, 5) is 16.0. The Balaban J connectivity index is 1.24. The molecule has 1 saturated heterocycles. The minimum Gasteiger partial charge on any atom is -0.484 e. The normalized spacial score (nSPS) is 14.3. The summed E-state index contributed by atoms with van der Waals surface area (Å²) < 4.78 is 11.6. The molecule has 0 aromatic heterocycles. The lowest BCUT2D eigenvalue weighted by atomic mass is 10.2. The monoisotopic (exact) mass is 403 g/mol. The van der Waals surface area contributed by atoms with Gasteiger partial charge in [0.1, 0.15) is 23.8 Å². The quantitative estimate of drug-likeness (QED) is 0.660. The van der Waals surface area contributed by atoms with Crippen LogP contribution in [0.3, 0.4) is 0 Å². The number of nitrogens with one attached hydrogen (secondary N) is 1. The number of carbonyl (C=O) groups is 1. The van der Waals surface area contributed by atoms with Crippen molar-refractivity contribution in [3.05, 3.63) is 90.5 Å². The molecule has 4 rings (SSSR count). The number of hydrogen-bond donors (Lipinski definition) is 1. The van der Waals surface area contributed by atoms with Crippen molar-refractivity contribution in [2.45, 2.75) is 6.54 Å². The Morgan fingerprint density at radius 3 is 2.17 bits per heavy atom. The molecule has 0 aliphatic carbocycles. The molecule has 0 bridgehead atoms. The van der Waals surface area contributed by atoms with E-state index in [1.54, 1.807) is 0 Å². The van der Waals surface area contributed by atoms with Crippen LogP contribution in [0.5, 0.6) is 17.2 Å². The van der Waals surface area contributed by atoms with Crippen molar-refractivity contribution >= 4 is 5.91 Å². The summed E-state index contributed by atoms with van der Waals surface area (Å²) in [5.74, 6) is 2.11. The molecular weight excluding hydrogens is 376 g/mol. The first-order valence-corrected chi connectivity index (χ1v) is 10.4. The molecule has 0 saturated carbocycles. The highest BCUT2D eigenvalue weighted by Gasteiger charge is 2.24. The molecule has 0 spiro atoms. The molecule has 30 heavy (non-hydrogen) atoms. The van der Waals surface area contributed by atoms with Gasteiger partial charge in [-0.15, -0.1) is 0 Å². The molecular formula is C25H27N2O3+. The predicted octanol–water partition coefficient (Wildman–Crippen LogP) is 2.79. The molecule has 154 valence electrons. The molecule has 3 aromatic rings. The Kier molecular flexibility index (Phi) is 6.62. The zero-order valence-electron chi connectivity index (χ0n) is 17.0. The topological polar surface area (TPSA) is 43.2 Å². The molecule has 1 aliphatic rings. The van der Waals surface area contributed by atoms with E-state index >= 15 is 0 Å². The van der Waals surface area contributed by atoms with Crippen molar-refractivity contribution in [1.29, 1.82) is 0 Å². The Morgan fingerprint density at radius 2 is 1.43 bits per heavy atom. The highest BCUT2D eigenvalue weighted by Crippen LogP contribution is 2.25. The van der Waals surface area contributed by atoms with Gasteiger partial charge in [-0.2, -0.15) is 0 Å². The van der Waals surface area contributed by atoms with Crippen molar-refractivity contribution in [2.24, 2.45) is 0 Å². The SMILES string of the molecule is O=C(COc1cccc(Oc2ccccc2)c1)N1CC[NH+](Cc2ccccc2)CC1. The summed E-state index contributed by atoms with van der Waals surface area (Å²) in [5, 5.41) is 0. The lowest BCUT2D eigenvalue weighted by Crippen LogP contribution is -3.13. The highest BCUT2D eigenvalue weighted by atomic mass is 16.5. The summed E-state index contributed by atoms with van der Waals surface area (Å²) >= 11 is 0. The summed E-state index contributed by atoms with van der Waals surface area (Å²) in [7, 11) is 0. The fourth-order valence-electron chi connectivity index (χ4n) is 3.62. The second-order valence-corrected chi connectivity index (χ2v) is 7.47. The van der Waals surface area contributed by atoms with Crippen LogP contribution in [0.4, 0.5) is 0 Å². The molecule has 0 radical (unpaired) electrons. The number of benzene rings is 3. The fraction of sp³-hybridized carbons (Fsp3) is 0.240. The van der Waals surface area contributed by atoms with E-state index in [1.807, 2.05) is 65.6 Å². The van der Waals surface area contributed by atoms with Crippen molar-refractivity contribution in [3.8, 4) is 17.2 Å². The largest absolute Gasteiger partial charge is 0.484 e. The summed E-state index contributed by atoms with van der Waals surface area (Å²) in [6.07, 6.45) is 0. The zero-order chi connectivity index (χ0) is 20.6. The van der Waals surface area contributed by atoms with E-state index in [4.69, 9.17) is 9.47 Å². The third kappa shape index (κ3) is 5.61. The third-order valence-corrected chi connectivity index (χ3v) is 5.27. The van der Waals surface area contributed by atoms with Crippen LogP contribution in [-0.4, -0.2) is 43.6 Å². The van der Waals surface area contributed by atoms with Gasteiger partial charge in [-0.1, -0.05) is 54.6 Å².